The zero-order valence-corrected chi connectivity index (χ0v) is 15.3. The van der Waals surface area contributed by atoms with Gasteiger partial charge in [0.1, 0.15) is 0 Å². The molecular weight excluding hydrogens is 334 g/mol. The number of nitrogens with one attached hydrogen (secondary N) is 2. The van der Waals surface area contributed by atoms with Crippen molar-refractivity contribution in [2.75, 3.05) is 20.3 Å². The molecule has 1 rings (SSSR count). The van der Waals surface area contributed by atoms with Gasteiger partial charge in [-0.2, -0.15) is 0 Å². The highest BCUT2D eigenvalue weighted by molar-refractivity contribution is 5.85. The van der Waals surface area contributed by atoms with Crippen LogP contribution in [0.1, 0.15) is 26.3 Å². The highest BCUT2D eigenvalue weighted by Gasteiger charge is 2.21. The molecule has 0 aliphatic heterocycles. The molecule has 0 saturated heterocycles. The van der Waals surface area contributed by atoms with Crippen LogP contribution in [-0.4, -0.2) is 37.6 Å². The number of amides is 2. The van der Waals surface area contributed by atoms with Crippen LogP contribution in [0, 0.1) is 0 Å². The molecule has 1 aromatic carbocycles. The van der Waals surface area contributed by atoms with Gasteiger partial charge in [0, 0.05) is 13.1 Å². The van der Waals surface area contributed by atoms with Gasteiger partial charge in [-0.1, -0.05) is 6.07 Å². The van der Waals surface area contributed by atoms with Crippen molar-refractivity contribution in [2.24, 2.45) is 5.73 Å². The minimum Gasteiger partial charge on any atom is -0.493 e. The Balaban J connectivity index is 0.00000529. The van der Waals surface area contributed by atoms with Crippen molar-refractivity contribution in [3.05, 3.63) is 23.8 Å². The van der Waals surface area contributed by atoms with E-state index in [0.29, 0.717) is 24.6 Å². The standard InChI is InChI=1S/C16H25N3O4.ClH/c1-5-18-14(20)10-23-12-7-6-11(8-13(12)22-4)9-19-15(21)16(2,3)17;/h6-8H,5,9-10,17H2,1-4H3,(H,18,20)(H,19,21);1H. The molecule has 0 radical (unpaired) electrons. The highest BCUT2D eigenvalue weighted by atomic mass is 35.5. The molecule has 0 spiro atoms. The molecule has 0 aliphatic rings. The number of hydrogen-bond acceptors (Lipinski definition) is 5. The predicted molar refractivity (Wildman–Crippen MR) is 94.5 cm³/mol. The number of benzene rings is 1. The summed E-state index contributed by atoms with van der Waals surface area (Å²) in [7, 11) is 1.51. The summed E-state index contributed by atoms with van der Waals surface area (Å²) in [6, 6.07) is 5.24. The number of hydrogen-bond donors (Lipinski definition) is 3. The smallest absolute Gasteiger partial charge is 0.257 e. The van der Waals surface area contributed by atoms with Gasteiger partial charge in [0.05, 0.1) is 12.6 Å². The first kappa shape index (κ1) is 22.0. The Kier molecular flexibility index (Phi) is 9.17. The maximum absolute atomic E-state index is 11.8. The summed E-state index contributed by atoms with van der Waals surface area (Å²) in [4.78, 5) is 23.2. The van der Waals surface area contributed by atoms with Crippen LogP contribution in [0.5, 0.6) is 11.5 Å². The quantitative estimate of drug-likeness (QED) is 0.642. The van der Waals surface area contributed by atoms with Gasteiger partial charge in [-0.3, -0.25) is 9.59 Å². The van der Waals surface area contributed by atoms with Gasteiger partial charge in [-0.25, -0.2) is 0 Å². The van der Waals surface area contributed by atoms with Crippen molar-refractivity contribution in [1.82, 2.24) is 10.6 Å². The van der Waals surface area contributed by atoms with Gasteiger partial charge in [-0.05, 0) is 38.5 Å². The molecule has 0 unspecified atom stereocenters. The van der Waals surface area contributed by atoms with Crippen molar-refractivity contribution in [1.29, 1.82) is 0 Å². The number of carbonyl (C=O) groups excluding carboxylic acids is 2. The average Bonchev–Trinajstić information content (AvgIpc) is 2.50. The second kappa shape index (κ2) is 10.00. The van der Waals surface area contributed by atoms with Gasteiger partial charge in [0.25, 0.3) is 5.91 Å². The summed E-state index contributed by atoms with van der Waals surface area (Å²) in [5.41, 5.74) is 5.63. The molecule has 8 heteroatoms. The molecule has 2 amide bonds. The van der Waals surface area contributed by atoms with E-state index in [-0.39, 0.29) is 30.8 Å². The molecule has 7 nitrogen and oxygen atoms in total. The predicted octanol–water partition coefficient (Wildman–Crippen LogP) is 0.985. The van der Waals surface area contributed by atoms with E-state index in [1.54, 1.807) is 32.0 Å². The van der Waals surface area contributed by atoms with Crippen LogP contribution in [0.3, 0.4) is 0 Å². The zero-order chi connectivity index (χ0) is 17.5. The van der Waals surface area contributed by atoms with Crippen molar-refractivity contribution < 1.29 is 19.1 Å². The third-order valence-corrected chi connectivity index (χ3v) is 3.00. The number of methoxy groups -OCH3 is 1. The third-order valence-electron chi connectivity index (χ3n) is 3.00. The van der Waals surface area contributed by atoms with Crippen LogP contribution in [0.25, 0.3) is 0 Å². The van der Waals surface area contributed by atoms with Crippen LogP contribution >= 0.6 is 12.4 Å². The van der Waals surface area contributed by atoms with E-state index in [9.17, 15) is 9.59 Å². The van der Waals surface area contributed by atoms with Gasteiger partial charge < -0.3 is 25.8 Å². The summed E-state index contributed by atoms with van der Waals surface area (Å²) in [6.07, 6.45) is 0. The molecule has 0 aliphatic carbocycles. The monoisotopic (exact) mass is 359 g/mol. The van der Waals surface area contributed by atoms with E-state index in [1.165, 1.54) is 7.11 Å². The van der Waals surface area contributed by atoms with Gasteiger partial charge in [0.15, 0.2) is 18.1 Å². The van der Waals surface area contributed by atoms with E-state index in [2.05, 4.69) is 10.6 Å². The number of halogens is 1. The van der Waals surface area contributed by atoms with E-state index >= 15 is 0 Å². The van der Waals surface area contributed by atoms with Crippen molar-refractivity contribution in [2.45, 2.75) is 32.9 Å². The fourth-order valence-corrected chi connectivity index (χ4v) is 1.74. The van der Waals surface area contributed by atoms with Crippen LogP contribution in [-0.2, 0) is 16.1 Å². The maximum Gasteiger partial charge on any atom is 0.257 e. The average molecular weight is 360 g/mol. The third kappa shape index (κ3) is 7.06. The first-order chi connectivity index (χ1) is 10.8. The summed E-state index contributed by atoms with van der Waals surface area (Å²) >= 11 is 0. The fraction of sp³-hybridized carbons (Fsp3) is 0.500. The lowest BCUT2D eigenvalue weighted by molar-refractivity contribution is -0.125. The molecule has 0 bridgehead atoms. The normalized spacial score (nSPS) is 10.4. The Bertz CT molecular complexity index is 559. The molecule has 0 aromatic heterocycles. The highest BCUT2D eigenvalue weighted by Crippen LogP contribution is 2.28. The van der Waals surface area contributed by atoms with Crippen LogP contribution in [0.2, 0.25) is 0 Å². The Labute approximate surface area is 148 Å². The van der Waals surface area contributed by atoms with Crippen molar-refractivity contribution in [3.8, 4) is 11.5 Å². The van der Waals surface area contributed by atoms with Gasteiger partial charge >= 0.3 is 0 Å². The molecular formula is C16H26ClN3O4. The lowest BCUT2D eigenvalue weighted by atomic mass is 10.1. The molecule has 24 heavy (non-hydrogen) atoms. The van der Waals surface area contributed by atoms with Crippen LogP contribution in [0.15, 0.2) is 18.2 Å². The Morgan fingerprint density at radius 2 is 1.88 bits per heavy atom. The van der Waals surface area contributed by atoms with Crippen LogP contribution in [0.4, 0.5) is 0 Å². The van der Waals surface area contributed by atoms with Gasteiger partial charge in [0.2, 0.25) is 5.91 Å². The SMILES string of the molecule is CCNC(=O)COc1ccc(CNC(=O)C(C)(C)N)cc1OC.Cl. The van der Waals surface area contributed by atoms with E-state index in [0.717, 1.165) is 5.56 Å². The molecule has 0 atom stereocenters. The number of ether oxygens (including phenoxy) is 2. The molecule has 0 heterocycles. The van der Waals surface area contributed by atoms with Crippen molar-refractivity contribution >= 4 is 24.2 Å². The molecule has 0 saturated carbocycles. The summed E-state index contributed by atoms with van der Waals surface area (Å²) < 4.78 is 10.7. The molecule has 0 fully saturated rings. The minimum absolute atomic E-state index is 0. The molecule has 1 aromatic rings. The Hall–Kier alpha value is -1.99. The summed E-state index contributed by atoms with van der Waals surface area (Å²) in [5.74, 6) is 0.519. The number of rotatable bonds is 8. The van der Waals surface area contributed by atoms with E-state index < -0.39 is 5.54 Å². The Morgan fingerprint density at radius 3 is 2.42 bits per heavy atom. The second-order valence-electron chi connectivity index (χ2n) is 5.63. The molecule has 4 N–H and O–H groups in total. The first-order valence-electron chi connectivity index (χ1n) is 7.41. The molecule has 136 valence electrons. The van der Waals surface area contributed by atoms with E-state index in [4.69, 9.17) is 15.2 Å². The number of carbonyl (C=O) groups is 2. The minimum atomic E-state index is -0.931. The van der Waals surface area contributed by atoms with Gasteiger partial charge in [-0.15, -0.1) is 12.4 Å². The van der Waals surface area contributed by atoms with Crippen LogP contribution < -0.4 is 25.8 Å². The fourth-order valence-electron chi connectivity index (χ4n) is 1.74. The Morgan fingerprint density at radius 1 is 1.21 bits per heavy atom. The number of nitrogens with two attached hydrogens (primary N) is 1. The first-order valence-corrected chi connectivity index (χ1v) is 7.41. The lowest BCUT2D eigenvalue weighted by Crippen LogP contribution is -2.48. The van der Waals surface area contributed by atoms with E-state index in [1.807, 2.05) is 6.92 Å². The summed E-state index contributed by atoms with van der Waals surface area (Å²) in [6.45, 7) is 5.91. The second-order valence-corrected chi connectivity index (χ2v) is 5.63. The maximum atomic E-state index is 11.8. The topological polar surface area (TPSA) is 103 Å². The largest absolute Gasteiger partial charge is 0.493 e. The van der Waals surface area contributed by atoms with Crippen molar-refractivity contribution in [3.63, 3.8) is 0 Å². The zero-order valence-electron chi connectivity index (χ0n) is 14.5. The lowest BCUT2D eigenvalue weighted by Gasteiger charge is -2.18. The number of likely N-dealkylation sites (N-methyl/N-ethyl adjacent to an activating group) is 1. The summed E-state index contributed by atoms with van der Waals surface area (Å²) in [5, 5.41) is 5.40.